The van der Waals surface area contributed by atoms with Crippen molar-refractivity contribution in [3.05, 3.63) is 27.8 Å². The van der Waals surface area contributed by atoms with Gasteiger partial charge in [-0.1, -0.05) is 0 Å². The molecule has 0 aliphatic rings. The third-order valence-corrected chi connectivity index (χ3v) is 2.41. The molecular weight excluding hydrogens is 256 g/mol. The Labute approximate surface area is 108 Å². The highest BCUT2D eigenvalue weighted by Gasteiger charge is 2.22. The van der Waals surface area contributed by atoms with Gasteiger partial charge in [-0.15, -0.1) is 0 Å². The number of phenols is 2. The molecule has 0 heterocycles. The minimum atomic E-state index is -0.871. The first-order chi connectivity index (χ1) is 8.86. The SMILES string of the molecule is CCOC(=O)C[C@H](N)c1cc(O)c(O)c([N+](=O)[O-])c1. The summed E-state index contributed by atoms with van der Waals surface area (Å²) in [4.78, 5) is 21.1. The van der Waals surface area contributed by atoms with E-state index in [0.717, 1.165) is 12.1 Å². The zero-order valence-electron chi connectivity index (χ0n) is 10.2. The van der Waals surface area contributed by atoms with Gasteiger partial charge >= 0.3 is 11.7 Å². The minimum Gasteiger partial charge on any atom is -0.504 e. The van der Waals surface area contributed by atoms with Gasteiger partial charge in [0.2, 0.25) is 5.75 Å². The van der Waals surface area contributed by atoms with Gasteiger partial charge in [0.25, 0.3) is 0 Å². The maximum absolute atomic E-state index is 11.2. The lowest BCUT2D eigenvalue weighted by atomic mass is 10.0. The second-order valence-electron chi connectivity index (χ2n) is 3.78. The van der Waals surface area contributed by atoms with Gasteiger partial charge in [0.05, 0.1) is 18.0 Å². The number of phenolic OH excluding ortho intramolecular Hbond substituents is 2. The van der Waals surface area contributed by atoms with Crippen molar-refractivity contribution in [3.63, 3.8) is 0 Å². The number of hydrogen-bond acceptors (Lipinski definition) is 7. The van der Waals surface area contributed by atoms with E-state index < -0.39 is 34.1 Å². The lowest BCUT2D eigenvalue weighted by Crippen LogP contribution is -2.17. The molecular formula is C11H14N2O6. The number of aromatic hydroxyl groups is 2. The molecule has 1 aromatic rings. The van der Waals surface area contributed by atoms with E-state index in [2.05, 4.69) is 0 Å². The zero-order valence-corrected chi connectivity index (χ0v) is 10.2. The molecule has 1 atom stereocenters. The number of hydrogen-bond donors (Lipinski definition) is 3. The Hall–Kier alpha value is -2.35. The molecule has 0 fully saturated rings. The molecule has 0 radical (unpaired) electrons. The van der Waals surface area contributed by atoms with Gasteiger partial charge in [0.15, 0.2) is 5.75 Å². The van der Waals surface area contributed by atoms with Gasteiger partial charge in [0, 0.05) is 12.1 Å². The van der Waals surface area contributed by atoms with Crippen LogP contribution in [0.15, 0.2) is 12.1 Å². The number of nitrogens with two attached hydrogens (primary N) is 1. The first kappa shape index (κ1) is 14.7. The molecule has 19 heavy (non-hydrogen) atoms. The van der Waals surface area contributed by atoms with Crippen molar-refractivity contribution in [2.24, 2.45) is 5.73 Å². The Morgan fingerprint density at radius 2 is 2.16 bits per heavy atom. The maximum Gasteiger partial charge on any atom is 0.314 e. The zero-order chi connectivity index (χ0) is 14.6. The highest BCUT2D eigenvalue weighted by Crippen LogP contribution is 2.37. The summed E-state index contributed by atoms with van der Waals surface area (Å²) >= 11 is 0. The topological polar surface area (TPSA) is 136 Å². The fraction of sp³-hybridized carbons (Fsp3) is 0.364. The van der Waals surface area contributed by atoms with E-state index in [9.17, 15) is 25.1 Å². The van der Waals surface area contributed by atoms with E-state index in [1.54, 1.807) is 6.92 Å². The predicted octanol–water partition coefficient (Wildman–Crippen LogP) is 0.959. The standard InChI is InChI=1S/C11H14N2O6/c1-2-19-10(15)5-7(12)6-3-8(13(17)18)11(16)9(14)4-6/h3-4,7,14,16H,2,5,12H2,1H3/t7-/m0/s1. The number of carbonyl (C=O) groups is 1. The van der Waals surface area contributed by atoms with Crippen LogP contribution in [0.25, 0.3) is 0 Å². The number of rotatable bonds is 5. The Kier molecular flexibility index (Phi) is 4.65. The number of ether oxygens (including phenoxy) is 1. The van der Waals surface area contributed by atoms with E-state index in [0.29, 0.717) is 0 Å². The van der Waals surface area contributed by atoms with Gasteiger partial charge in [-0.05, 0) is 18.6 Å². The van der Waals surface area contributed by atoms with Crippen molar-refractivity contribution in [2.75, 3.05) is 6.61 Å². The highest BCUT2D eigenvalue weighted by atomic mass is 16.6. The van der Waals surface area contributed by atoms with Crippen molar-refractivity contribution in [2.45, 2.75) is 19.4 Å². The van der Waals surface area contributed by atoms with Crippen LogP contribution in [-0.4, -0.2) is 27.7 Å². The highest BCUT2D eigenvalue weighted by molar-refractivity contribution is 5.70. The molecule has 0 saturated heterocycles. The van der Waals surface area contributed by atoms with Crippen molar-refractivity contribution in [3.8, 4) is 11.5 Å². The van der Waals surface area contributed by atoms with E-state index in [-0.39, 0.29) is 18.6 Å². The molecule has 0 aliphatic carbocycles. The Morgan fingerprint density at radius 1 is 1.53 bits per heavy atom. The molecule has 1 rings (SSSR count). The summed E-state index contributed by atoms with van der Waals surface area (Å²) in [5, 5.41) is 29.4. The lowest BCUT2D eigenvalue weighted by molar-refractivity contribution is -0.386. The normalized spacial score (nSPS) is 11.9. The number of nitro groups is 1. The summed E-state index contributed by atoms with van der Waals surface area (Å²) in [6, 6.07) is 1.22. The van der Waals surface area contributed by atoms with Crippen molar-refractivity contribution < 1.29 is 24.7 Å². The molecule has 8 nitrogen and oxygen atoms in total. The number of esters is 1. The van der Waals surface area contributed by atoms with Crippen LogP contribution in [0.1, 0.15) is 24.9 Å². The Bertz CT molecular complexity index is 502. The van der Waals surface area contributed by atoms with Crippen LogP contribution in [0.3, 0.4) is 0 Å². The largest absolute Gasteiger partial charge is 0.504 e. The van der Waals surface area contributed by atoms with Gasteiger partial charge in [0.1, 0.15) is 0 Å². The van der Waals surface area contributed by atoms with Gasteiger partial charge in [-0.2, -0.15) is 0 Å². The van der Waals surface area contributed by atoms with E-state index in [4.69, 9.17) is 10.5 Å². The fourth-order valence-electron chi connectivity index (χ4n) is 1.50. The van der Waals surface area contributed by atoms with Gasteiger partial charge < -0.3 is 20.7 Å². The van der Waals surface area contributed by atoms with Crippen molar-refractivity contribution >= 4 is 11.7 Å². The summed E-state index contributed by atoms with van der Waals surface area (Å²) in [6.07, 6.45) is -0.185. The van der Waals surface area contributed by atoms with Crippen LogP contribution in [0.2, 0.25) is 0 Å². The fourth-order valence-corrected chi connectivity index (χ4v) is 1.50. The summed E-state index contributed by atoms with van der Waals surface area (Å²) < 4.78 is 4.70. The van der Waals surface area contributed by atoms with Gasteiger partial charge in [-0.3, -0.25) is 14.9 Å². The third kappa shape index (κ3) is 3.55. The summed E-state index contributed by atoms with van der Waals surface area (Å²) in [7, 11) is 0. The molecule has 0 saturated carbocycles. The summed E-state index contributed by atoms with van der Waals surface area (Å²) in [5.41, 5.74) is 5.19. The molecule has 0 aromatic heterocycles. The molecule has 0 bridgehead atoms. The van der Waals surface area contributed by atoms with Crippen LogP contribution in [-0.2, 0) is 9.53 Å². The molecule has 0 amide bonds. The van der Waals surface area contributed by atoms with Crippen LogP contribution in [0, 0.1) is 10.1 Å². The first-order valence-corrected chi connectivity index (χ1v) is 5.48. The van der Waals surface area contributed by atoms with E-state index in [1.165, 1.54) is 0 Å². The minimum absolute atomic E-state index is 0.162. The molecule has 104 valence electrons. The number of carbonyl (C=O) groups excluding carboxylic acids is 1. The maximum atomic E-state index is 11.2. The average Bonchev–Trinajstić information content (AvgIpc) is 2.32. The molecule has 1 aromatic carbocycles. The van der Waals surface area contributed by atoms with E-state index in [1.807, 2.05) is 0 Å². The Balaban J connectivity index is 3.01. The number of nitrogens with zero attached hydrogens (tertiary/aromatic N) is 1. The van der Waals surface area contributed by atoms with Crippen LogP contribution >= 0.6 is 0 Å². The van der Waals surface area contributed by atoms with Crippen molar-refractivity contribution in [1.82, 2.24) is 0 Å². The molecule has 4 N–H and O–H groups in total. The smallest absolute Gasteiger partial charge is 0.314 e. The predicted molar refractivity (Wildman–Crippen MR) is 64.6 cm³/mol. The number of benzene rings is 1. The molecule has 0 unspecified atom stereocenters. The van der Waals surface area contributed by atoms with Gasteiger partial charge in [-0.25, -0.2) is 0 Å². The Morgan fingerprint density at radius 3 is 2.68 bits per heavy atom. The summed E-state index contributed by atoms with van der Waals surface area (Å²) in [5.74, 6) is -2.05. The number of nitro benzene ring substituents is 1. The molecule has 0 aliphatic heterocycles. The van der Waals surface area contributed by atoms with Crippen molar-refractivity contribution in [1.29, 1.82) is 0 Å². The van der Waals surface area contributed by atoms with Crippen LogP contribution < -0.4 is 5.73 Å². The summed E-state index contributed by atoms with van der Waals surface area (Å²) in [6.45, 7) is 1.84. The van der Waals surface area contributed by atoms with Crippen LogP contribution in [0.4, 0.5) is 5.69 Å². The third-order valence-electron chi connectivity index (χ3n) is 2.41. The molecule has 0 spiro atoms. The monoisotopic (exact) mass is 270 g/mol. The quantitative estimate of drug-likeness (QED) is 0.313. The lowest BCUT2D eigenvalue weighted by Gasteiger charge is -2.12. The first-order valence-electron chi connectivity index (χ1n) is 5.48. The second kappa shape index (κ2) is 6.01. The van der Waals surface area contributed by atoms with E-state index >= 15 is 0 Å². The van der Waals surface area contributed by atoms with Crippen LogP contribution in [0.5, 0.6) is 11.5 Å². The second-order valence-corrected chi connectivity index (χ2v) is 3.78. The molecule has 8 heteroatoms. The average molecular weight is 270 g/mol.